The van der Waals surface area contributed by atoms with Crippen molar-refractivity contribution in [1.29, 1.82) is 5.26 Å². The zero-order valence-electron chi connectivity index (χ0n) is 12.3. The molecule has 1 aliphatic heterocycles. The Bertz CT molecular complexity index is 780. The lowest BCUT2D eigenvalue weighted by atomic mass is 10.1. The second-order valence-corrected chi connectivity index (χ2v) is 6.47. The van der Waals surface area contributed by atoms with Crippen LogP contribution in [-0.2, 0) is 6.18 Å². The second kappa shape index (κ2) is 5.82. The molecule has 0 aliphatic carbocycles. The average molecular weight is 334 g/mol. The first-order chi connectivity index (χ1) is 10.9. The van der Waals surface area contributed by atoms with E-state index >= 15 is 0 Å². The van der Waals surface area contributed by atoms with Crippen molar-refractivity contribution in [2.45, 2.75) is 22.9 Å². The number of rotatable bonds is 2. The van der Waals surface area contributed by atoms with Gasteiger partial charge in [0.05, 0.1) is 28.9 Å². The lowest BCUT2D eigenvalue weighted by Gasteiger charge is -2.34. The molecule has 6 heteroatoms. The summed E-state index contributed by atoms with van der Waals surface area (Å²) in [6.07, 6.45) is -4.39. The normalized spacial score (nSPS) is 14.7. The molecule has 0 amide bonds. The van der Waals surface area contributed by atoms with Crippen molar-refractivity contribution in [2.24, 2.45) is 5.92 Å². The fraction of sp³-hybridized carbons (Fsp3) is 0.235. The minimum absolute atomic E-state index is 0.298. The molecule has 0 N–H and O–H groups in total. The minimum atomic E-state index is -4.39. The van der Waals surface area contributed by atoms with Gasteiger partial charge < -0.3 is 4.90 Å². The van der Waals surface area contributed by atoms with Gasteiger partial charge in [0.2, 0.25) is 0 Å². The van der Waals surface area contributed by atoms with E-state index in [0.29, 0.717) is 12.2 Å². The molecule has 0 spiro atoms. The zero-order chi connectivity index (χ0) is 16.6. The number of nitriles is 1. The van der Waals surface area contributed by atoms with E-state index in [-0.39, 0.29) is 5.92 Å². The molecule has 0 radical (unpaired) electrons. The molecule has 1 atom stereocenters. The highest BCUT2D eigenvalue weighted by Gasteiger charge is 2.33. The summed E-state index contributed by atoms with van der Waals surface area (Å²) in [5, 5.41) is 9.08. The van der Waals surface area contributed by atoms with Gasteiger partial charge in [-0.2, -0.15) is 18.4 Å². The van der Waals surface area contributed by atoms with Gasteiger partial charge in [-0.25, -0.2) is 0 Å². The standard InChI is InChI=1S/C17H13F3N2S/c1-11(9-21)10-22-13-4-2-3-5-15(13)23-16-7-6-12(8-14(16)22)17(18,19)20/h2-8,11H,10H2,1H3. The Morgan fingerprint density at radius 2 is 1.83 bits per heavy atom. The van der Waals surface area contributed by atoms with Crippen LogP contribution in [0.25, 0.3) is 0 Å². The van der Waals surface area contributed by atoms with E-state index in [1.807, 2.05) is 29.2 Å². The van der Waals surface area contributed by atoms with Crippen molar-refractivity contribution in [3.8, 4) is 6.07 Å². The highest BCUT2D eigenvalue weighted by molar-refractivity contribution is 7.99. The van der Waals surface area contributed by atoms with Crippen molar-refractivity contribution >= 4 is 23.1 Å². The largest absolute Gasteiger partial charge is 0.416 e. The van der Waals surface area contributed by atoms with Gasteiger partial charge in [0, 0.05) is 16.3 Å². The molecule has 0 aromatic heterocycles. The van der Waals surface area contributed by atoms with Crippen molar-refractivity contribution in [3.05, 3.63) is 48.0 Å². The SMILES string of the molecule is CC(C#N)CN1c2ccccc2Sc2ccc(C(F)(F)F)cc21. The number of anilines is 2. The topological polar surface area (TPSA) is 27.0 Å². The van der Waals surface area contributed by atoms with Gasteiger partial charge in [-0.15, -0.1) is 0 Å². The van der Waals surface area contributed by atoms with Crippen molar-refractivity contribution in [1.82, 2.24) is 0 Å². The van der Waals surface area contributed by atoms with Crippen molar-refractivity contribution in [2.75, 3.05) is 11.4 Å². The second-order valence-electron chi connectivity index (χ2n) is 5.39. The van der Waals surface area contributed by atoms with E-state index in [1.54, 1.807) is 6.92 Å². The fourth-order valence-corrected chi connectivity index (χ4v) is 3.59. The third kappa shape index (κ3) is 3.02. The van der Waals surface area contributed by atoms with Crippen molar-refractivity contribution < 1.29 is 13.2 Å². The molecule has 3 rings (SSSR count). The number of alkyl halides is 3. The summed E-state index contributed by atoms with van der Waals surface area (Å²) in [4.78, 5) is 3.55. The van der Waals surface area contributed by atoms with E-state index in [4.69, 9.17) is 5.26 Å². The van der Waals surface area contributed by atoms with Gasteiger partial charge in [0.1, 0.15) is 0 Å². The van der Waals surface area contributed by atoms with Gasteiger partial charge in [-0.05, 0) is 37.3 Å². The summed E-state index contributed by atoms with van der Waals surface area (Å²) < 4.78 is 39.1. The lowest BCUT2D eigenvalue weighted by molar-refractivity contribution is -0.137. The molecule has 0 saturated heterocycles. The van der Waals surface area contributed by atoms with Gasteiger partial charge in [0.25, 0.3) is 0 Å². The smallest absolute Gasteiger partial charge is 0.338 e. The van der Waals surface area contributed by atoms with Crippen LogP contribution in [0.4, 0.5) is 24.5 Å². The van der Waals surface area contributed by atoms with E-state index < -0.39 is 11.7 Å². The van der Waals surface area contributed by atoms with Crippen LogP contribution < -0.4 is 4.90 Å². The van der Waals surface area contributed by atoms with Crippen LogP contribution in [-0.4, -0.2) is 6.54 Å². The van der Waals surface area contributed by atoms with Gasteiger partial charge in [-0.1, -0.05) is 23.9 Å². The summed E-state index contributed by atoms with van der Waals surface area (Å²) in [7, 11) is 0. The van der Waals surface area contributed by atoms with Crippen molar-refractivity contribution in [3.63, 3.8) is 0 Å². The highest BCUT2D eigenvalue weighted by atomic mass is 32.2. The first-order valence-electron chi connectivity index (χ1n) is 7.05. The molecule has 1 heterocycles. The number of para-hydroxylation sites is 1. The summed E-state index contributed by atoms with van der Waals surface area (Å²) in [6, 6.07) is 13.5. The number of benzene rings is 2. The molecule has 0 fully saturated rings. The average Bonchev–Trinajstić information content (AvgIpc) is 2.53. The molecule has 2 nitrogen and oxygen atoms in total. The Hall–Kier alpha value is -2.13. The van der Waals surface area contributed by atoms with Crippen LogP contribution in [0.1, 0.15) is 12.5 Å². The quantitative estimate of drug-likeness (QED) is 0.729. The first kappa shape index (κ1) is 15.8. The number of hydrogen-bond acceptors (Lipinski definition) is 3. The van der Waals surface area contributed by atoms with Crippen LogP contribution >= 0.6 is 11.8 Å². The van der Waals surface area contributed by atoms with Gasteiger partial charge >= 0.3 is 6.18 Å². The zero-order valence-corrected chi connectivity index (χ0v) is 13.1. The molecule has 1 aliphatic rings. The summed E-state index contributed by atoms with van der Waals surface area (Å²) in [5.41, 5.74) is 0.669. The fourth-order valence-electron chi connectivity index (χ4n) is 2.52. The van der Waals surface area contributed by atoms with E-state index in [9.17, 15) is 13.2 Å². The molecule has 2 aromatic carbocycles. The molecule has 23 heavy (non-hydrogen) atoms. The maximum absolute atomic E-state index is 13.0. The number of hydrogen-bond donors (Lipinski definition) is 0. The third-order valence-corrected chi connectivity index (χ3v) is 4.76. The summed E-state index contributed by atoms with van der Waals surface area (Å²) >= 11 is 1.45. The third-order valence-electron chi connectivity index (χ3n) is 3.63. The van der Waals surface area contributed by atoms with Gasteiger partial charge in [-0.3, -0.25) is 0 Å². The number of fused-ring (bicyclic) bond motifs is 2. The maximum atomic E-state index is 13.0. The Morgan fingerprint density at radius 3 is 2.52 bits per heavy atom. The van der Waals surface area contributed by atoms with Crippen LogP contribution in [0, 0.1) is 17.2 Å². The Morgan fingerprint density at radius 1 is 1.13 bits per heavy atom. The number of halogens is 3. The lowest BCUT2D eigenvalue weighted by Crippen LogP contribution is -2.26. The maximum Gasteiger partial charge on any atom is 0.416 e. The summed E-state index contributed by atoms with van der Waals surface area (Å²) in [6.45, 7) is 2.11. The first-order valence-corrected chi connectivity index (χ1v) is 7.87. The van der Waals surface area contributed by atoms with E-state index in [0.717, 1.165) is 21.5 Å². The number of nitrogens with zero attached hydrogens (tertiary/aromatic N) is 2. The van der Waals surface area contributed by atoms with Gasteiger partial charge in [0.15, 0.2) is 0 Å². The molecule has 118 valence electrons. The van der Waals surface area contributed by atoms with E-state index in [1.165, 1.54) is 23.9 Å². The Kier molecular flexibility index (Phi) is 3.99. The molecular weight excluding hydrogens is 321 g/mol. The Balaban J connectivity index is 2.12. The predicted octanol–water partition coefficient (Wildman–Crippen LogP) is 5.47. The Labute approximate surface area is 136 Å². The minimum Gasteiger partial charge on any atom is -0.338 e. The van der Waals surface area contributed by atoms with Crippen LogP contribution in [0.5, 0.6) is 0 Å². The monoisotopic (exact) mass is 334 g/mol. The molecular formula is C17H13F3N2S. The van der Waals surface area contributed by atoms with E-state index in [2.05, 4.69) is 6.07 Å². The van der Waals surface area contributed by atoms with Crippen LogP contribution in [0.2, 0.25) is 0 Å². The molecule has 2 aromatic rings. The summed E-state index contributed by atoms with van der Waals surface area (Å²) in [5.74, 6) is -0.298. The molecule has 0 bridgehead atoms. The highest BCUT2D eigenvalue weighted by Crippen LogP contribution is 2.49. The van der Waals surface area contributed by atoms with Crippen LogP contribution in [0.3, 0.4) is 0 Å². The van der Waals surface area contributed by atoms with Crippen LogP contribution in [0.15, 0.2) is 52.3 Å². The molecule has 1 unspecified atom stereocenters. The molecule has 0 saturated carbocycles. The predicted molar refractivity (Wildman–Crippen MR) is 83.8 cm³/mol.